The highest BCUT2D eigenvalue weighted by molar-refractivity contribution is 5.48. The van der Waals surface area contributed by atoms with Crippen molar-refractivity contribution in [2.45, 2.75) is 6.10 Å². The van der Waals surface area contributed by atoms with Gasteiger partial charge < -0.3 is 10.0 Å². The summed E-state index contributed by atoms with van der Waals surface area (Å²) in [4.78, 5) is 11.3. The molecule has 0 aromatic heterocycles. The summed E-state index contributed by atoms with van der Waals surface area (Å²) in [5, 5.41) is 8.55. The van der Waals surface area contributed by atoms with Crippen molar-refractivity contribution in [2.24, 2.45) is 0 Å². The van der Waals surface area contributed by atoms with Crippen LogP contribution in [0.3, 0.4) is 0 Å². The highest BCUT2D eigenvalue weighted by Gasteiger charge is 2.21. The fraction of sp³-hybridized carbons (Fsp3) is 0.750. The lowest BCUT2D eigenvalue weighted by atomic mass is 10.2. The predicted molar refractivity (Wildman–Crippen MR) is 23.6 cm³/mol. The van der Waals surface area contributed by atoms with E-state index in [2.05, 4.69) is 0 Å². The molecule has 0 aromatic rings. The minimum absolute atomic E-state index is 0.259. The molecule has 0 unspecified atom stereocenters. The van der Waals surface area contributed by atoms with Crippen molar-refractivity contribution in [1.82, 2.24) is 4.90 Å². The van der Waals surface area contributed by atoms with E-state index in [9.17, 15) is 4.79 Å². The van der Waals surface area contributed by atoms with Crippen LogP contribution in [0.25, 0.3) is 0 Å². The van der Waals surface area contributed by atoms with Crippen LogP contribution in [0.2, 0.25) is 0 Å². The number of aliphatic hydroxyl groups is 1. The van der Waals surface area contributed by atoms with Crippen LogP contribution in [0.4, 0.5) is 0 Å². The largest absolute Gasteiger partial charge is 0.389 e. The first-order chi connectivity index (χ1) is 3.33. The summed E-state index contributed by atoms with van der Waals surface area (Å²) in [7, 11) is 0. The summed E-state index contributed by atoms with van der Waals surface area (Å²) in [6.07, 6.45) is 0.484. The smallest absolute Gasteiger partial charge is 0.209 e. The minimum Gasteiger partial charge on any atom is -0.389 e. The van der Waals surface area contributed by atoms with Crippen LogP contribution in [0.15, 0.2) is 0 Å². The molecule has 0 saturated carbocycles. The summed E-state index contributed by atoms with van der Waals surface area (Å²) in [5.74, 6) is 0. The molecule has 3 nitrogen and oxygen atoms in total. The first-order valence-corrected chi connectivity index (χ1v) is 2.20. The second-order valence-corrected chi connectivity index (χ2v) is 1.71. The third-order valence-corrected chi connectivity index (χ3v) is 1.04. The van der Waals surface area contributed by atoms with E-state index >= 15 is 0 Å². The molecule has 0 aliphatic carbocycles. The van der Waals surface area contributed by atoms with Crippen LogP contribution < -0.4 is 0 Å². The molecule has 7 heavy (non-hydrogen) atoms. The lowest BCUT2D eigenvalue weighted by molar-refractivity contribution is -0.127. The van der Waals surface area contributed by atoms with Crippen LogP contribution >= 0.6 is 0 Å². The van der Waals surface area contributed by atoms with Gasteiger partial charge in [-0.1, -0.05) is 0 Å². The Morgan fingerprint density at radius 3 is 2.43 bits per heavy atom. The fourth-order valence-electron chi connectivity index (χ4n) is 0.574. The summed E-state index contributed by atoms with van der Waals surface area (Å²) >= 11 is 0. The monoisotopic (exact) mass is 101 g/mol. The Morgan fingerprint density at radius 2 is 2.29 bits per heavy atom. The molecule has 0 radical (unpaired) electrons. The maximum atomic E-state index is 9.75. The predicted octanol–water partition coefficient (Wildman–Crippen LogP) is -1.18. The van der Waals surface area contributed by atoms with E-state index < -0.39 is 0 Å². The van der Waals surface area contributed by atoms with Crippen molar-refractivity contribution >= 4 is 6.41 Å². The SMILES string of the molecule is O=CN1CC(O)C1. The van der Waals surface area contributed by atoms with Gasteiger partial charge in [-0.05, 0) is 0 Å². The van der Waals surface area contributed by atoms with Gasteiger partial charge in [0, 0.05) is 13.1 Å². The lowest BCUT2D eigenvalue weighted by Gasteiger charge is -2.31. The van der Waals surface area contributed by atoms with E-state index in [1.54, 1.807) is 0 Å². The highest BCUT2D eigenvalue weighted by Crippen LogP contribution is 2.01. The lowest BCUT2D eigenvalue weighted by Crippen LogP contribution is -2.49. The number of aliphatic hydroxyl groups excluding tert-OH is 1. The molecule has 0 spiro atoms. The van der Waals surface area contributed by atoms with Crippen LogP contribution in [-0.2, 0) is 4.79 Å². The molecule has 1 rings (SSSR count). The summed E-state index contributed by atoms with van der Waals surface area (Å²) in [5.41, 5.74) is 0. The molecule has 1 aliphatic rings. The number of hydrogen-bond acceptors (Lipinski definition) is 2. The molecular weight excluding hydrogens is 94.0 g/mol. The molecule has 0 atom stereocenters. The number of nitrogens with zero attached hydrogens (tertiary/aromatic N) is 1. The molecule has 0 aromatic carbocycles. The molecular formula is C4H7NO2. The number of carbonyl (C=O) groups excluding carboxylic acids is 1. The van der Waals surface area contributed by atoms with Gasteiger partial charge in [0.05, 0.1) is 6.10 Å². The summed E-state index contributed by atoms with van der Waals surface area (Å²) < 4.78 is 0. The van der Waals surface area contributed by atoms with Gasteiger partial charge >= 0.3 is 0 Å². The highest BCUT2D eigenvalue weighted by atomic mass is 16.3. The van der Waals surface area contributed by atoms with Gasteiger partial charge in [-0.2, -0.15) is 0 Å². The van der Waals surface area contributed by atoms with E-state index in [0.29, 0.717) is 13.1 Å². The van der Waals surface area contributed by atoms with E-state index in [4.69, 9.17) is 5.11 Å². The van der Waals surface area contributed by atoms with Gasteiger partial charge in [0.15, 0.2) is 0 Å². The van der Waals surface area contributed by atoms with E-state index in [-0.39, 0.29) is 6.10 Å². The molecule has 1 fully saturated rings. The Kier molecular flexibility index (Phi) is 0.982. The molecule has 1 saturated heterocycles. The third-order valence-electron chi connectivity index (χ3n) is 1.04. The van der Waals surface area contributed by atoms with Crippen LogP contribution in [0.5, 0.6) is 0 Å². The molecule has 1 N–H and O–H groups in total. The second kappa shape index (κ2) is 1.50. The standard InChI is InChI=1S/C4H7NO2/c6-3-5-1-4(7)2-5/h3-4,7H,1-2H2. The van der Waals surface area contributed by atoms with Crippen LogP contribution in [0, 0.1) is 0 Å². The summed E-state index contributed by atoms with van der Waals surface area (Å²) in [6.45, 7) is 1.03. The van der Waals surface area contributed by atoms with Gasteiger partial charge in [0.2, 0.25) is 6.41 Å². The third kappa shape index (κ3) is 0.718. The number of likely N-dealkylation sites (tertiary alicyclic amines) is 1. The van der Waals surface area contributed by atoms with Crippen molar-refractivity contribution in [1.29, 1.82) is 0 Å². The van der Waals surface area contributed by atoms with Crippen molar-refractivity contribution in [2.75, 3.05) is 13.1 Å². The molecule has 40 valence electrons. The van der Waals surface area contributed by atoms with Crippen LogP contribution in [0.1, 0.15) is 0 Å². The van der Waals surface area contributed by atoms with Crippen molar-refractivity contribution < 1.29 is 9.90 Å². The second-order valence-electron chi connectivity index (χ2n) is 1.71. The zero-order chi connectivity index (χ0) is 5.28. The summed E-state index contributed by atoms with van der Waals surface area (Å²) in [6, 6.07) is 0. The van der Waals surface area contributed by atoms with Gasteiger partial charge in [0.25, 0.3) is 0 Å². The van der Waals surface area contributed by atoms with E-state index in [0.717, 1.165) is 6.41 Å². The van der Waals surface area contributed by atoms with Crippen LogP contribution in [-0.4, -0.2) is 35.6 Å². The molecule has 0 bridgehead atoms. The normalized spacial score (nSPS) is 21.6. The first kappa shape index (κ1) is 4.59. The maximum Gasteiger partial charge on any atom is 0.209 e. The molecule has 3 heteroatoms. The average Bonchev–Trinajstić information content (AvgIpc) is 1.58. The van der Waals surface area contributed by atoms with Gasteiger partial charge in [-0.25, -0.2) is 0 Å². The van der Waals surface area contributed by atoms with E-state index in [1.807, 2.05) is 0 Å². The Labute approximate surface area is 41.5 Å². The van der Waals surface area contributed by atoms with Gasteiger partial charge in [0.1, 0.15) is 0 Å². The molecule has 1 amide bonds. The Bertz CT molecular complexity index is 77.8. The zero-order valence-electron chi connectivity index (χ0n) is 3.87. The number of β-amino-alcohol motifs (C(OH)–C–C–N with tert-alkyl or cyclic N) is 1. The molecule has 1 heterocycles. The number of rotatable bonds is 1. The average molecular weight is 101 g/mol. The first-order valence-electron chi connectivity index (χ1n) is 2.20. The van der Waals surface area contributed by atoms with Crippen molar-refractivity contribution in [3.63, 3.8) is 0 Å². The van der Waals surface area contributed by atoms with E-state index in [1.165, 1.54) is 4.90 Å². The number of hydrogen-bond donors (Lipinski definition) is 1. The number of amides is 1. The minimum atomic E-state index is -0.259. The Hall–Kier alpha value is -0.570. The zero-order valence-corrected chi connectivity index (χ0v) is 3.87. The van der Waals surface area contributed by atoms with Crippen molar-refractivity contribution in [3.8, 4) is 0 Å². The van der Waals surface area contributed by atoms with Gasteiger partial charge in [-0.3, -0.25) is 4.79 Å². The number of carbonyl (C=O) groups is 1. The maximum absolute atomic E-state index is 9.75. The fourth-order valence-corrected chi connectivity index (χ4v) is 0.574. The molecule has 1 aliphatic heterocycles. The quantitative estimate of drug-likeness (QED) is 0.422. The van der Waals surface area contributed by atoms with Crippen molar-refractivity contribution in [3.05, 3.63) is 0 Å². The van der Waals surface area contributed by atoms with Gasteiger partial charge in [-0.15, -0.1) is 0 Å². The Balaban J connectivity index is 2.17. The Morgan fingerprint density at radius 1 is 1.71 bits per heavy atom. The topological polar surface area (TPSA) is 40.5 Å².